The molecule has 5 heteroatoms. The van der Waals surface area contributed by atoms with Gasteiger partial charge in [0.25, 0.3) is 5.91 Å². The predicted molar refractivity (Wildman–Crippen MR) is 106 cm³/mol. The van der Waals surface area contributed by atoms with Gasteiger partial charge in [0.05, 0.1) is 12.1 Å². The Bertz CT molecular complexity index is 1000. The van der Waals surface area contributed by atoms with E-state index in [0.717, 1.165) is 5.56 Å². The number of aliphatic hydroxyl groups is 1. The predicted octanol–water partition coefficient (Wildman–Crippen LogP) is 3.13. The summed E-state index contributed by atoms with van der Waals surface area (Å²) in [5, 5.41) is 11.3. The highest BCUT2D eigenvalue weighted by molar-refractivity contribution is 6.10. The van der Waals surface area contributed by atoms with Crippen LogP contribution in [0.3, 0.4) is 0 Å². The van der Waals surface area contributed by atoms with Gasteiger partial charge in [-0.2, -0.15) is 0 Å². The minimum absolute atomic E-state index is 0.294. The van der Waals surface area contributed by atoms with Crippen LogP contribution >= 0.6 is 0 Å². The fourth-order valence-corrected chi connectivity index (χ4v) is 3.66. The summed E-state index contributed by atoms with van der Waals surface area (Å²) in [6.07, 6.45) is 3.41. The second kappa shape index (κ2) is 7.37. The van der Waals surface area contributed by atoms with Crippen molar-refractivity contribution in [1.82, 2.24) is 4.98 Å². The molecular formula is C23H20N2O3. The van der Waals surface area contributed by atoms with Crippen LogP contribution in [0, 0.1) is 0 Å². The molecule has 1 N–H and O–H groups in total. The van der Waals surface area contributed by atoms with Crippen molar-refractivity contribution in [1.29, 1.82) is 0 Å². The molecule has 2 heterocycles. The highest BCUT2D eigenvalue weighted by atomic mass is 16.3. The number of Topliss-reactive ketones (excluding diaryl/α,β-unsaturated/α-hetero) is 1. The third-order valence-corrected chi connectivity index (χ3v) is 5.12. The van der Waals surface area contributed by atoms with Crippen LogP contribution in [0.5, 0.6) is 0 Å². The Hall–Kier alpha value is -3.31. The molecule has 28 heavy (non-hydrogen) atoms. The molecule has 1 amide bonds. The number of aromatic nitrogens is 1. The van der Waals surface area contributed by atoms with E-state index in [9.17, 15) is 14.7 Å². The lowest BCUT2D eigenvalue weighted by atomic mass is 9.88. The van der Waals surface area contributed by atoms with Crippen LogP contribution in [-0.2, 0) is 16.8 Å². The van der Waals surface area contributed by atoms with Gasteiger partial charge in [0.2, 0.25) is 0 Å². The molecule has 1 aromatic heterocycles. The molecule has 5 nitrogen and oxygen atoms in total. The highest BCUT2D eigenvalue weighted by Crippen LogP contribution is 2.42. The molecule has 1 atom stereocenters. The number of carbonyl (C=O) groups excluding carboxylic acids is 2. The molecule has 0 saturated carbocycles. The second-order valence-corrected chi connectivity index (χ2v) is 6.91. The maximum atomic E-state index is 13.2. The Morgan fingerprint density at radius 1 is 0.964 bits per heavy atom. The van der Waals surface area contributed by atoms with Crippen molar-refractivity contribution >= 4 is 17.4 Å². The number of anilines is 1. The SMILES string of the molecule is O=C(CC1(O)C(=O)N(CCc2ccccc2)c2ccccc21)c1ccncc1. The molecule has 4 rings (SSSR count). The Balaban J connectivity index is 1.61. The zero-order chi connectivity index (χ0) is 19.6. The van der Waals surface area contributed by atoms with Gasteiger partial charge in [0.1, 0.15) is 0 Å². The molecule has 1 aliphatic heterocycles. The average molecular weight is 372 g/mol. The Kier molecular flexibility index (Phi) is 4.75. The van der Waals surface area contributed by atoms with E-state index in [1.54, 1.807) is 29.2 Å². The van der Waals surface area contributed by atoms with Crippen molar-refractivity contribution in [3.63, 3.8) is 0 Å². The van der Waals surface area contributed by atoms with Crippen molar-refractivity contribution in [2.45, 2.75) is 18.4 Å². The summed E-state index contributed by atoms with van der Waals surface area (Å²) in [5.41, 5.74) is 0.824. The number of rotatable bonds is 6. The highest BCUT2D eigenvalue weighted by Gasteiger charge is 2.50. The van der Waals surface area contributed by atoms with Crippen LogP contribution in [0.15, 0.2) is 79.1 Å². The van der Waals surface area contributed by atoms with Crippen LogP contribution in [0.4, 0.5) is 5.69 Å². The topological polar surface area (TPSA) is 70.5 Å². The minimum Gasteiger partial charge on any atom is -0.375 e. The third kappa shape index (κ3) is 3.21. The Morgan fingerprint density at radius 3 is 2.39 bits per heavy atom. The van der Waals surface area contributed by atoms with E-state index in [1.165, 1.54) is 12.4 Å². The molecule has 1 aliphatic rings. The Morgan fingerprint density at radius 2 is 1.64 bits per heavy atom. The molecule has 1 unspecified atom stereocenters. The molecule has 0 radical (unpaired) electrons. The number of pyridine rings is 1. The molecule has 0 fully saturated rings. The quantitative estimate of drug-likeness (QED) is 0.675. The lowest BCUT2D eigenvalue weighted by Gasteiger charge is -2.23. The van der Waals surface area contributed by atoms with Gasteiger partial charge in [-0.1, -0.05) is 48.5 Å². The van der Waals surface area contributed by atoms with Crippen molar-refractivity contribution in [2.24, 2.45) is 0 Å². The zero-order valence-electron chi connectivity index (χ0n) is 15.3. The van der Waals surface area contributed by atoms with Gasteiger partial charge in [-0.3, -0.25) is 14.6 Å². The number of para-hydroxylation sites is 1. The Labute approximate surface area is 163 Å². The van der Waals surface area contributed by atoms with E-state index in [0.29, 0.717) is 29.8 Å². The largest absolute Gasteiger partial charge is 0.375 e. The number of ketones is 1. The summed E-state index contributed by atoms with van der Waals surface area (Å²) in [7, 11) is 0. The van der Waals surface area contributed by atoms with Gasteiger partial charge in [-0.05, 0) is 30.2 Å². The summed E-state index contributed by atoms with van der Waals surface area (Å²) in [6.45, 7) is 0.436. The molecule has 2 aromatic carbocycles. The van der Waals surface area contributed by atoms with Crippen LogP contribution in [0.1, 0.15) is 27.9 Å². The number of hydrogen-bond donors (Lipinski definition) is 1. The van der Waals surface area contributed by atoms with E-state index in [4.69, 9.17) is 0 Å². The number of fused-ring (bicyclic) bond motifs is 1. The molecule has 0 spiro atoms. The number of hydrogen-bond acceptors (Lipinski definition) is 4. The standard InChI is InChI=1S/C23H20N2O3/c26-21(18-10-13-24-14-11-18)16-23(28)19-8-4-5-9-20(19)25(22(23)27)15-12-17-6-2-1-3-7-17/h1-11,13-14,28H,12,15-16H2. The maximum Gasteiger partial charge on any atom is 0.264 e. The summed E-state index contributed by atoms with van der Waals surface area (Å²) in [5.74, 6) is -0.745. The average Bonchev–Trinajstić information content (AvgIpc) is 2.95. The normalized spacial score (nSPS) is 18.2. The van der Waals surface area contributed by atoms with Crippen molar-refractivity contribution in [2.75, 3.05) is 11.4 Å². The van der Waals surface area contributed by atoms with Crippen molar-refractivity contribution in [3.05, 3.63) is 95.8 Å². The summed E-state index contributed by atoms with van der Waals surface area (Å²) >= 11 is 0. The molecule has 3 aromatic rings. The van der Waals surface area contributed by atoms with Gasteiger partial charge in [0.15, 0.2) is 11.4 Å². The lowest BCUT2D eigenvalue weighted by Crippen LogP contribution is -2.42. The van der Waals surface area contributed by atoms with Gasteiger partial charge in [0, 0.05) is 30.1 Å². The summed E-state index contributed by atoms with van der Waals surface area (Å²) < 4.78 is 0. The first-order valence-corrected chi connectivity index (χ1v) is 9.20. The van der Waals surface area contributed by atoms with E-state index in [-0.39, 0.29) is 12.2 Å². The zero-order valence-corrected chi connectivity index (χ0v) is 15.3. The van der Waals surface area contributed by atoms with E-state index < -0.39 is 11.5 Å². The fraction of sp³-hybridized carbons (Fsp3) is 0.174. The van der Waals surface area contributed by atoms with Crippen LogP contribution in [0.25, 0.3) is 0 Å². The monoisotopic (exact) mass is 372 g/mol. The first kappa shape index (κ1) is 18.1. The number of carbonyl (C=O) groups is 2. The van der Waals surface area contributed by atoms with Gasteiger partial charge in [-0.25, -0.2) is 0 Å². The van der Waals surface area contributed by atoms with Crippen LogP contribution in [-0.4, -0.2) is 28.3 Å². The molecule has 0 bridgehead atoms. The molecular weight excluding hydrogens is 352 g/mol. The van der Waals surface area contributed by atoms with Gasteiger partial charge >= 0.3 is 0 Å². The fourth-order valence-electron chi connectivity index (χ4n) is 3.66. The first-order chi connectivity index (χ1) is 13.6. The smallest absolute Gasteiger partial charge is 0.264 e. The summed E-state index contributed by atoms with van der Waals surface area (Å²) in [4.78, 5) is 31.4. The minimum atomic E-state index is -1.85. The second-order valence-electron chi connectivity index (χ2n) is 6.91. The maximum absolute atomic E-state index is 13.2. The molecule has 140 valence electrons. The van der Waals surface area contributed by atoms with E-state index in [1.807, 2.05) is 42.5 Å². The van der Waals surface area contributed by atoms with Crippen LogP contribution < -0.4 is 4.90 Å². The van der Waals surface area contributed by atoms with Crippen LogP contribution in [0.2, 0.25) is 0 Å². The van der Waals surface area contributed by atoms with E-state index in [2.05, 4.69) is 4.98 Å². The first-order valence-electron chi connectivity index (χ1n) is 9.20. The van der Waals surface area contributed by atoms with Gasteiger partial charge < -0.3 is 10.0 Å². The third-order valence-electron chi connectivity index (χ3n) is 5.12. The summed E-state index contributed by atoms with van der Waals surface area (Å²) in [6, 6.07) is 20.2. The van der Waals surface area contributed by atoms with Crippen molar-refractivity contribution < 1.29 is 14.7 Å². The number of nitrogens with zero attached hydrogens (tertiary/aromatic N) is 2. The number of amides is 1. The number of benzene rings is 2. The van der Waals surface area contributed by atoms with Crippen molar-refractivity contribution in [3.8, 4) is 0 Å². The van der Waals surface area contributed by atoms with Gasteiger partial charge in [-0.15, -0.1) is 0 Å². The molecule has 0 saturated heterocycles. The molecule has 0 aliphatic carbocycles. The van der Waals surface area contributed by atoms with E-state index >= 15 is 0 Å². The lowest BCUT2D eigenvalue weighted by molar-refractivity contribution is -0.135.